The van der Waals surface area contributed by atoms with E-state index in [0.717, 1.165) is 31.6 Å². The van der Waals surface area contributed by atoms with E-state index < -0.39 is 9.84 Å². The van der Waals surface area contributed by atoms with E-state index in [4.69, 9.17) is 0 Å². The number of H-pyrrole nitrogens is 1. The predicted molar refractivity (Wildman–Crippen MR) is 86.8 cm³/mol. The van der Waals surface area contributed by atoms with Gasteiger partial charge in [-0.2, -0.15) is 5.10 Å². The van der Waals surface area contributed by atoms with Gasteiger partial charge in [0.2, 0.25) is 5.91 Å². The van der Waals surface area contributed by atoms with Crippen LogP contribution in [0.5, 0.6) is 0 Å². The smallest absolute Gasteiger partial charge is 0.237 e. The van der Waals surface area contributed by atoms with E-state index in [0.29, 0.717) is 12.3 Å². The molecule has 0 saturated carbocycles. The van der Waals surface area contributed by atoms with E-state index in [-0.39, 0.29) is 29.5 Å². The van der Waals surface area contributed by atoms with Crippen molar-refractivity contribution >= 4 is 15.7 Å². The largest absolute Gasteiger partial charge is 0.351 e. The number of amides is 1. The average Bonchev–Trinajstić information content (AvgIpc) is 3.16. The molecule has 2 aliphatic rings. The normalized spacial score (nSPS) is 29.3. The highest BCUT2D eigenvalue weighted by atomic mass is 32.2. The molecule has 2 fully saturated rings. The Morgan fingerprint density at radius 2 is 2.30 bits per heavy atom. The molecule has 3 atom stereocenters. The van der Waals surface area contributed by atoms with Crippen molar-refractivity contribution in [3.63, 3.8) is 0 Å². The minimum atomic E-state index is -2.97. The van der Waals surface area contributed by atoms with Crippen LogP contribution in [0.2, 0.25) is 0 Å². The fourth-order valence-corrected chi connectivity index (χ4v) is 5.18. The number of sulfone groups is 1. The third-order valence-corrected chi connectivity index (χ3v) is 6.69. The highest BCUT2D eigenvalue weighted by Gasteiger charge is 2.33. The minimum Gasteiger partial charge on any atom is -0.351 e. The molecular formula is C15H24N4O3S. The molecular weight excluding hydrogens is 316 g/mol. The molecule has 7 nitrogen and oxygen atoms in total. The van der Waals surface area contributed by atoms with E-state index >= 15 is 0 Å². The fraction of sp³-hybridized carbons (Fsp3) is 0.733. The van der Waals surface area contributed by atoms with Gasteiger partial charge in [0.1, 0.15) is 0 Å². The highest BCUT2D eigenvalue weighted by molar-refractivity contribution is 7.91. The summed E-state index contributed by atoms with van der Waals surface area (Å²) in [5.74, 6) is 0.547. The van der Waals surface area contributed by atoms with Gasteiger partial charge in [-0.05, 0) is 38.8 Å². The maximum atomic E-state index is 12.4. The monoisotopic (exact) mass is 340 g/mol. The van der Waals surface area contributed by atoms with Gasteiger partial charge >= 0.3 is 0 Å². The molecule has 2 N–H and O–H groups in total. The molecule has 0 bridgehead atoms. The summed E-state index contributed by atoms with van der Waals surface area (Å²) in [6.45, 7) is 3.61. The fourth-order valence-electron chi connectivity index (χ4n) is 3.50. The number of likely N-dealkylation sites (tertiary alicyclic amines) is 1. The summed E-state index contributed by atoms with van der Waals surface area (Å²) in [5, 5.41) is 9.93. The van der Waals surface area contributed by atoms with Crippen LogP contribution in [0.3, 0.4) is 0 Å². The molecule has 2 aliphatic heterocycles. The molecule has 0 aromatic carbocycles. The molecule has 23 heavy (non-hydrogen) atoms. The van der Waals surface area contributed by atoms with Crippen molar-refractivity contribution in [2.75, 3.05) is 24.6 Å². The van der Waals surface area contributed by atoms with E-state index in [1.807, 2.05) is 13.0 Å². The van der Waals surface area contributed by atoms with E-state index in [2.05, 4.69) is 20.4 Å². The first-order chi connectivity index (χ1) is 10.9. The van der Waals surface area contributed by atoms with Crippen LogP contribution in [0.25, 0.3) is 0 Å². The first-order valence-corrected chi connectivity index (χ1v) is 10.0. The van der Waals surface area contributed by atoms with E-state index in [1.54, 1.807) is 6.20 Å². The second kappa shape index (κ2) is 6.60. The highest BCUT2D eigenvalue weighted by Crippen LogP contribution is 2.26. The van der Waals surface area contributed by atoms with Crippen LogP contribution in [0.4, 0.5) is 0 Å². The zero-order chi connectivity index (χ0) is 16.4. The summed E-state index contributed by atoms with van der Waals surface area (Å²) in [4.78, 5) is 14.6. The topological polar surface area (TPSA) is 95.2 Å². The second-order valence-corrected chi connectivity index (χ2v) is 8.86. The van der Waals surface area contributed by atoms with Crippen LogP contribution in [-0.2, 0) is 14.6 Å². The number of aromatic amines is 1. The van der Waals surface area contributed by atoms with Gasteiger partial charge < -0.3 is 5.32 Å². The van der Waals surface area contributed by atoms with Crippen LogP contribution in [0, 0.1) is 0 Å². The van der Waals surface area contributed by atoms with Crippen molar-refractivity contribution in [2.24, 2.45) is 0 Å². The number of hydrogen-bond acceptors (Lipinski definition) is 5. The van der Waals surface area contributed by atoms with E-state index in [9.17, 15) is 13.2 Å². The van der Waals surface area contributed by atoms with Gasteiger partial charge in [-0.3, -0.25) is 14.8 Å². The Balaban J connectivity index is 1.56. The Bertz CT molecular complexity index is 644. The SMILES string of the molecule is C[C@H](C(=O)N[C@@H]1CCS(=O)(=O)C1)N1CCC[C@H](c2ccn[nH]2)C1. The first kappa shape index (κ1) is 16.4. The van der Waals surface area contributed by atoms with Gasteiger partial charge in [-0.15, -0.1) is 0 Å². The number of carbonyl (C=O) groups excluding carboxylic acids is 1. The lowest BCUT2D eigenvalue weighted by Crippen LogP contribution is -2.51. The van der Waals surface area contributed by atoms with Gasteiger partial charge in [-0.1, -0.05) is 0 Å². The summed E-state index contributed by atoms with van der Waals surface area (Å²) < 4.78 is 23.0. The molecule has 0 aliphatic carbocycles. The zero-order valence-corrected chi connectivity index (χ0v) is 14.2. The number of nitrogens with zero attached hydrogens (tertiary/aromatic N) is 2. The van der Waals surface area contributed by atoms with Crippen molar-refractivity contribution in [3.05, 3.63) is 18.0 Å². The molecule has 0 radical (unpaired) electrons. The van der Waals surface area contributed by atoms with Crippen LogP contribution in [0.1, 0.15) is 37.8 Å². The number of piperidine rings is 1. The van der Waals surface area contributed by atoms with Crippen molar-refractivity contribution in [1.29, 1.82) is 0 Å². The standard InChI is InChI=1S/C15H24N4O3S/c1-11(15(20)17-13-5-8-23(21,22)10-13)19-7-2-3-12(9-19)14-4-6-16-18-14/h4,6,11-13H,2-3,5,7-10H2,1H3,(H,16,18)(H,17,20)/t11-,12+,13-/m1/s1. The molecule has 3 rings (SSSR count). The molecule has 2 saturated heterocycles. The van der Waals surface area contributed by atoms with E-state index in [1.165, 1.54) is 0 Å². The third kappa shape index (κ3) is 3.92. The molecule has 0 unspecified atom stereocenters. The number of carbonyl (C=O) groups is 1. The number of nitrogens with one attached hydrogen (secondary N) is 2. The van der Waals surface area contributed by atoms with Gasteiger partial charge in [0.25, 0.3) is 0 Å². The molecule has 0 spiro atoms. The molecule has 8 heteroatoms. The van der Waals surface area contributed by atoms with Crippen molar-refractivity contribution in [3.8, 4) is 0 Å². The van der Waals surface area contributed by atoms with Crippen molar-refractivity contribution < 1.29 is 13.2 Å². The summed E-state index contributed by atoms with van der Waals surface area (Å²) in [6, 6.07) is 1.51. The Morgan fingerprint density at radius 1 is 1.48 bits per heavy atom. The molecule has 128 valence electrons. The van der Waals surface area contributed by atoms with Gasteiger partial charge in [0.15, 0.2) is 9.84 Å². The lowest BCUT2D eigenvalue weighted by atomic mass is 9.94. The maximum Gasteiger partial charge on any atom is 0.237 e. The molecule has 3 heterocycles. The van der Waals surface area contributed by atoms with Gasteiger partial charge in [0, 0.05) is 30.4 Å². The van der Waals surface area contributed by atoms with Gasteiger partial charge in [-0.25, -0.2) is 8.42 Å². The first-order valence-electron chi connectivity index (χ1n) is 8.19. The minimum absolute atomic E-state index is 0.0717. The van der Waals surface area contributed by atoms with Crippen molar-refractivity contribution in [1.82, 2.24) is 20.4 Å². The molecule has 1 aromatic rings. The lowest BCUT2D eigenvalue weighted by molar-refractivity contribution is -0.126. The average molecular weight is 340 g/mol. The molecule has 1 aromatic heterocycles. The zero-order valence-electron chi connectivity index (χ0n) is 13.4. The third-order valence-electron chi connectivity index (χ3n) is 4.92. The van der Waals surface area contributed by atoms with Crippen molar-refractivity contribution in [2.45, 2.75) is 44.2 Å². The Morgan fingerprint density at radius 3 is 2.96 bits per heavy atom. The van der Waals surface area contributed by atoms with Crippen LogP contribution in [0.15, 0.2) is 12.3 Å². The maximum absolute atomic E-state index is 12.4. The van der Waals surface area contributed by atoms with Crippen LogP contribution < -0.4 is 5.32 Å². The Labute approximate surface area is 136 Å². The number of aromatic nitrogens is 2. The summed E-state index contributed by atoms with van der Waals surface area (Å²) >= 11 is 0. The quantitative estimate of drug-likeness (QED) is 0.821. The Kier molecular flexibility index (Phi) is 4.72. The van der Waals surface area contributed by atoms with Crippen LogP contribution >= 0.6 is 0 Å². The number of hydrogen-bond donors (Lipinski definition) is 2. The summed E-state index contributed by atoms with van der Waals surface area (Å²) in [6.07, 6.45) is 4.41. The Hall–Kier alpha value is -1.41. The number of rotatable bonds is 4. The van der Waals surface area contributed by atoms with Gasteiger partial charge in [0.05, 0.1) is 17.5 Å². The summed E-state index contributed by atoms with van der Waals surface area (Å²) in [5.41, 5.74) is 1.11. The van der Waals surface area contributed by atoms with Crippen LogP contribution in [-0.4, -0.2) is 66.1 Å². The lowest BCUT2D eigenvalue weighted by Gasteiger charge is -2.36. The predicted octanol–water partition coefficient (Wildman–Crippen LogP) is 0.281. The summed E-state index contributed by atoms with van der Waals surface area (Å²) in [7, 11) is -2.97. The second-order valence-electron chi connectivity index (χ2n) is 6.63. The molecule has 1 amide bonds.